The number of allylic oxidation sites excluding steroid dienone is 2. The first-order valence-corrected chi connectivity index (χ1v) is 20.6. The van der Waals surface area contributed by atoms with Gasteiger partial charge in [0.2, 0.25) is 0 Å². The van der Waals surface area contributed by atoms with Crippen molar-refractivity contribution in [2.24, 2.45) is 16.7 Å². The first-order chi connectivity index (χ1) is 25.5. The molecule has 0 aliphatic carbocycles. The topological polar surface area (TPSA) is 63.3 Å². The second-order valence-electron chi connectivity index (χ2n) is 17.0. The van der Waals surface area contributed by atoms with Gasteiger partial charge in [0.05, 0.1) is 6.26 Å². The fourth-order valence-corrected chi connectivity index (χ4v) is 8.45. The number of hydrogen-bond acceptors (Lipinski definition) is 5. The van der Waals surface area contributed by atoms with Gasteiger partial charge in [0, 0.05) is 63.9 Å². The van der Waals surface area contributed by atoms with E-state index in [2.05, 4.69) is 102 Å². The molecule has 6 aromatic rings. The zero-order chi connectivity index (χ0) is 39.6. The molecule has 0 saturated heterocycles. The number of aliphatic hydroxyl groups is 1. The van der Waals surface area contributed by atoms with E-state index in [0.29, 0.717) is 5.92 Å². The Morgan fingerprint density at radius 1 is 0.891 bits per heavy atom. The molecule has 0 saturated carbocycles. The number of ketones is 1. The molecule has 295 valence electrons. The molecule has 0 bridgehead atoms. The summed E-state index contributed by atoms with van der Waals surface area (Å²) in [4.78, 5) is 18.7. The summed E-state index contributed by atoms with van der Waals surface area (Å²) in [5, 5.41) is 13.9. The molecule has 3 heterocycles. The van der Waals surface area contributed by atoms with Crippen molar-refractivity contribution < 1.29 is 34.4 Å². The van der Waals surface area contributed by atoms with Crippen LogP contribution in [-0.2, 0) is 36.7 Å². The van der Waals surface area contributed by atoms with Crippen molar-refractivity contribution in [3.8, 4) is 22.4 Å². The van der Waals surface area contributed by atoms with E-state index in [1.165, 1.54) is 37.6 Å². The van der Waals surface area contributed by atoms with Crippen molar-refractivity contribution in [2.75, 3.05) is 0 Å². The van der Waals surface area contributed by atoms with E-state index in [9.17, 15) is 9.90 Å². The number of thiophene rings is 1. The molecule has 0 aliphatic rings. The number of benzene rings is 3. The number of carbonyl (C=O) groups is 1. The Bertz CT molecular complexity index is 2290. The number of pyridine rings is 1. The van der Waals surface area contributed by atoms with Gasteiger partial charge in [0.25, 0.3) is 0 Å². The van der Waals surface area contributed by atoms with Gasteiger partial charge in [-0.3, -0.25) is 9.78 Å². The maximum absolute atomic E-state index is 12.2. The summed E-state index contributed by atoms with van der Waals surface area (Å²) in [6.07, 6.45) is 7.62. The van der Waals surface area contributed by atoms with Gasteiger partial charge in [-0.05, 0) is 72.9 Å². The van der Waals surface area contributed by atoms with Gasteiger partial charge >= 0.3 is 0 Å². The predicted molar refractivity (Wildman–Crippen MR) is 232 cm³/mol. The van der Waals surface area contributed by atoms with Crippen LogP contribution in [0.15, 0.2) is 83.2 Å². The quantitative estimate of drug-likeness (QED) is 0.0799. The summed E-state index contributed by atoms with van der Waals surface area (Å²) in [7, 11) is 0. The van der Waals surface area contributed by atoms with Crippen LogP contribution < -0.4 is 0 Å². The summed E-state index contributed by atoms with van der Waals surface area (Å²) >= 11 is 1.92. The average molecular weight is 935 g/mol. The van der Waals surface area contributed by atoms with E-state index in [1.54, 1.807) is 6.26 Å². The van der Waals surface area contributed by atoms with E-state index in [4.69, 9.17) is 9.40 Å². The Balaban J connectivity index is 0.000000320. The largest absolute Gasteiger partial charge is 0.512 e. The monoisotopic (exact) mass is 935 g/mol. The summed E-state index contributed by atoms with van der Waals surface area (Å²) in [5.74, 6) is 0.932. The van der Waals surface area contributed by atoms with Gasteiger partial charge < -0.3 is 9.52 Å². The molecule has 6 rings (SSSR count). The van der Waals surface area contributed by atoms with E-state index < -0.39 is 0 Å². The molecule has 55 heavy (non-hydrogen) atoms. The van der Waals surface area contributed by atoms with Crippen LogP contribution in [-0.4, -0.2) is 15.9 Å². The second kappa shape index (κ2) is 17.7. The zero-order valence-electron chi connectivity index (χ0n) is 35.0. The summed E-state index contributed by atoms with van der Waals surface area (Å²) < 4.78 is 7.30. The van der Waals surface area contributed by atoms with Gasteiger partial charge in [-0.2, -0.15) is 0 Å². The van der Waals surface area contributed by atoms with Crippen LogP contribution in [0.25, 0.3) is 54.3 Å². The Morgan fingerprint density at radius 2 is 1.55 bits per heavy atom. The van der Waals surface area contributed by atoms with Crippen molar-refractivity contribution in [1.29, 1.82) is 0 Å². The minimum Gasteiger partial charge on any atom is -0.512 e. The van der Waals surface area contributed by atoms with Crippen molar-refractivity contribution in [1.82, 2.24) is 4.98 Å². The zero-order valence-corrected chi connectivity index (χ0v) is 38.2. The van der Waals surface area contributed by atoms with Crippen LogP contribution >= 0.6 is 11.3 Å². The number of aliphatic hydroxyl groups excluding tert-OH is 1. The van der Waals surface area contributed by atoms with Crippen LogP contribution in [0.1, 0.15) is 118 Å². The van der Waals surface area contributed by atoms with Gasteiger partial charge in [-0.1, -0.05) is 124 Å². The molecule has 0 aliphatic heterocycles. The van der Waals surface area contributed by atoms with Gasteiger partial charge in [-0.15, -0.1) is 40.5 Å². The van der Waals surface area contributed by atoms with Gasteiger partial charge in [-0.25, -0.2) is 0 Å². The van der Waals surface area contributed by atoms with E-state index in [-0.39, 0.29) is 47.9 Å². The summed E-state index contributed by atoms with van der Waals surface area (Å²) in [5.41, 5.74) is 7.98. The molecule has 0 fully saturated rings. The Kier molecular flexibility index (Phi) is 14.2. The molecule has 4 nitrogen and oxygen atoms in total. The standard InChI is InChI=1S/C34H32NOS.C15H28O2.Ir/c1-20(2)15-31-21(3)25-12-11-23(18-32(25)37-31)27-19-30(35-29-13-14-36-33(27)29)24-16-22-9-7-8-10-26(22)28(17-24)34(4,5)6;1-7-14(5,8-2)12(16)11-13(17)15(6,9-3)10-4;/h7-14,17-20H,15H2,1-6H3;11,16H,7-10H2,1-6H3;/q-1;;/b;12-11-;. The van der Waals surface area contributed by atoms with Gasteiger partial charge in [0.15, 0.2) is 11.4 Å². The number of aryl methyl sites for hydroxylation is 1. The number of hydrogen-bond donors (Lipinski definition) is 1. The number of carbonyl (C=O) groups excluding carboxylic acids is 1. The van der Waals surface area contributed by atoms with Crippen LogP contribution in [0.5, 0.6) is 0 Å². The fourth-order valence-electron chi connectivity index (χ4n) is 6.99. The molecule has 0 amide bonds. The minimum atomic E-state index is -0.337. The number of nitrogens with zero attached hydrogens (tertiary/aromatic N) is 1. The Hall–Kier alpha value is -3.57. The van der Waals surface area contributed by atoms with Gasteiger partial charge in [0.1, 0.15) is 11.3 Å². The molecule has 6 heteroatoms. The molecule has 1 N–H and O–H groups in total. The molecular formula is C49H60IrNO3S-. The van der Waals surface area contributed by atoms with Crippen molar-refractivity contribution in [3.63, 3.8) is 0 Å². The van der Waals surface area contributed by atoms with Crippen molar-refractivity contribution >= 4 is 49.1 Å². The van der Waals surface area contributed by atoms with Crippen LogP contribution in [0.4, 0.5) is 0 Å². The third kappa shape index (κ3) is 9.36. The number of furan rings is 1. The molecule has 0 unspecified atom stereocenters. The van der Waals surface area contributed by atoms with E-state index >= 15 is 0 Å². The molecular weight excluding hydrogens is 875 g/mol. The molecule has 3 aromatic heterocycles. The first-order valence-electron chi connectivity index (χ1n) is 19.8. The number of fused-ring (bicyclic) bond motifs is 3. The maximum atomic E-state index is 12.2. The molecule has 1 radical (unpaired) electrons. The third-order valence-electron chi connectivity index (χ3n) is 11.8. The average Bonchev–Trinajstić information content (AvgIpc) is 3.76. The molecule has 0 spiro atoms. The van der Waals surface area contributed by atoms with Crippen LogP contribution in [0.2, 0.25) is 0 Å². The fraction of sp³-hybridized carbons (Fsp3) is 0.429. The Labute approximate surface area is 347 Å². The summed E-state index contributed by atoms with van der Waals surface area (Å²) in [6.45, 7) is 25.7. The third-order valence-corrected chi connectivity index (χ3v) is 13.1. The predicted octanol–water partition coefficient (Wildman–Crippen LogP) is 14.8. The van der Waals surface area contributed by atoms with E-state index in [0.717, 1.165) is 71.0 Å². The normalized spacial score (nSPS) is 12.6. The first kappa shape index (κ1) is 44.1. The van der Waals surface area contributed by atoms with Crippen LogP contribution in [0.3, 0.4) is 0 Å². The van der Waals surface area contributed by atoms with Crippen molar-refractivity contribution in [3.05, 3.63) is 101 Å². The van der Waals surface area contributed by atoms with Crippen molar-refractivity contribution in [2.45, 2.75) is 121 Å². The second-order valence-corrected chi connectivity index (χ2v) is 18.1. The van der Waals surface area contributed by atoms with Crippen LogP contribution in [0, 0.1) is 29.7 Å². The summed E-state index contributed by atoms with van der Waals surface area (Å²) in [6, 6.07) is 25.4. The van der Waals surface area contributed by atoms with E-state index in [1.807, 2.05) is 58.9 Å². The molecule has 0 atom stereocenters. The SMILES string of the molecule is CCC(C)(CC)C(=O)/C=C(\O)C(C)(CC)CC.Cc1c(CC(C)C)sc2cc(-c3cc(-c4[c-]c5ccccc5c(C(C)(C)C)c4)nc4ccoc34)ccc12.[Ir]. The smallest absolute Gasteiger partial charge is 0.164 e. The molecule has 3 aromatic carbocycles. The number of rotatable bonds is 11. The Morgan fingerprint density at radius 3 is 2.16 bits per heavy atom. The number of aromatic nitrogens is 1. The minimum absolute atomic E-state index is 0. The maximum Gasteiger partial charge on any atom is 0.164 e.